The summed E-state index contributed by atoms with van der Waals surface area (Å²) < 4.78 is 50.8. The minimum absolute atomic E-state index is 0.0146. The molecule has 0 radical (unpaired) electrons. The number of rotatable bonds is 8. The van der Waals surface area contributed by atoms with Crippen LogP contribution in [0.2, 0.25) is 0 Å². The first kappa shape index (κ1) is 39.1. The SMILES string of the molecule is O=C([O-])c1c(F)c(F)c(F)c(F)c1C(=O)[O-].c1ccc([S+](c2ccccc2)c2ccccc2)cc1.c1ccc([S+](c2ccccc2)c2ccccc2)cc1. The number of halogens is 4. The second kappa shape index (κ2) is 19.1. The Bertz CT molecular complexity index is 1920. The van der Waals surface area contributed by atoms with Crippen molar-refractivity contribution in [3.63, 3.8) is 0 Å². The summed E-state index contributed by atoms with van der Waals surface area (Å²) in [6.45, 7) is 0. The zero-order valence-corrected chi connectivity index (χ0v) is 29.9. The number of carboxylic acids is 2. The standard InChI is InChI=1S/2C18H15S.C8H2F4O4/c2*1-4-10-16(11-5-1)19(17-12-6-2-7-13-17)18-14-8-3-9-15-18;9-3-1(7(13)14)2(8(15)16)4(10)6(12)5(3)11/h2*1-15H;(H,13,14)(H,15,16)/q2*+1;/p-2. The van der Waals surface area contributed by atoms with Crippen molar-refractivity contribution in [1.82, 2.24) is 0 Å². The molecule has 0 aliphatic carbocycles. The molecule has 0 aliphatic rings. The van der Waals surface area contributed by atoms with Crippen LogP contribution in [-0.2, 0) is 21.8 Å². The summed E-state index contributed by atoms with van der Waals surface area (Å²) in [5.41, 5.74) is -3.87. The van der Waals surface area contributed by atoms with Crippen LogP contribution < -0.4 is 10.2 Å². The molecule has 54 heavy (non-hydrogen) atoms. The fraction of sp³-hybridized carbons (Fsp3) is 0. The van der Waals surface area contributed by atoms with Gasteiger partial charge in [-0.3, -0.25) is 0 Å². The number of benzene rings is 7. The molecular formula is C44H30F4O4S2. The maximum absolute atomic E-state index is 12.8. The molecule has 270 valence electrons. The van der Waals surface area contributed by atoms with E-state index in [9.17, 15) is 37.4 Å². The van der Waals surface area contributed by atoms with Crippen LogP contribution in [0.5, 0.6) is 0 Å². The molecule has 0 amide bonds. The van der Waals surface area contributed by atoms with Gasteiger partial charge in [-0.15, -0.1) is 0 Å². The van der Waals surface area contributed by atoms with Crippen molar-refractivity contribution in [2.24, 2.45) is 0 Å². The predicted octanol–water partition coefficient (Wildman–Crippen LogP) is 8.53. The molecule has 0 bridgehead atoms. The molecule has 7 rings (SSSR count). The number of carboxylic acid groups (broad SMARTS) is 2. The van der Waals surface area contributed by atoms with Gasteiger partial charge in [-0.1, -0.05) is 109 Å². The number of hydrogen-bond donors (Lipinski definition) is 0. The minimum atomic E-state index is -2.51. The third-order valence-corrected chi connectivity index (χ3v) is 12.0. The molecule has 0 aromatic heterocycles. The third-order valence-electron chi connectivity index (χ3n) is 7.55. The fourth-order valence-electron chi connectivity index (χ4n) is 5.17. The molecule has 0 saturated carbocycles. The number of carbonyl (C=O) groups excluding carboxylic acids is 2. The van der Waals surface area contributed by atoms with Crippen LogP contribution in [-0.4, -0.2) is 11.9 Å². The zero-order chi connectivity index (χ0) is 38.5. The quantitative estimate of drug-likeness (QED) is 0.0673. The molecule has 0 heterocycles. The molecule has 7 aromatic carbocycles. The average molecular weight is 763 g/mol. The molecule has 0 atom stereocenters. The van der Waals surface area contributed by atoms with Gasteiger partial charge in [-0.2, -0.15) is 0 Å². The molecule has 0 N–H and O–H groups in total. The highest BCUT2D eigenvalue weighted by molar-refractivity contribution is 7.97. The fourth-order valence-corrected chi connectivity index (χ4v) is 9.38. The van der Waals surface area contributed by atoms with Crippen LogP contribution in [0.4, 0.5) is 17.6 Å². The lowest BCUT2D eigenvalue weighted by atomic mass is 10.1. The maximum atomic E-state index is 12.8. The van der Waals surface area contributed by atoms with E-state index < -0.39 is 46.3 Å². The summed E-state index contributed by atoms with van der Waals surface area (Å²) in [7, 11) is -0.0293. The Morgan fingerprint density at radius 3 is 0.630 bits per heavy atom. The van der Waals surface area contributed by atoms with Gasteiger partial charge in [-0.05, 0) is 72.8 Å². The van der Waals surface area contributed by atoms with E-state index in [0.717, 1.165) is 0 Å². The van der Waals surface area contributed by atoms with Crippen molar-refractivity contribution in [3.05, 3.63) is 216 Å². The van der Waals surface area contributed by atoms with E-state index in [-0.39, 0.29) is 21.8 Å². The lowest BCUT2D eigenvalue weighted by Crippen LogP contribution is -2.33. The highest BCUT2D eigenvalue weighted by Crippen LogP contribution is 2.32. The van der Waals surface area contributed by atoms with Crippen LogP contribution in [0, 0.1) is 23.3 Å². The van der Waals surface area contributed by atoms with Crippen LogP contribution in [0.1, 0.15) is 20.7 Å². The van der Waals surface area contributed by atoms with E-state index in [0.29, 0.717) is 0 Å². The van der Waals surface area contributed by atoms with E-state index in [1.807, 2.05) is 0 Å². The smallest absolute Gasteiger partial charge is 0.198 e. The van der Waals surface area contributed by atoms with Gasteiger partial charge in [0.2, 0.25) is 0 Å². The second-order valence-corrected chi connectivity index (χ2v) is 15.1. The Morgan fingerprint density at radius 1 is 0.315 bits per heavy atom. The molecule has 4 nitrogen and oxygen atoms in total. The number of aromatic carboxylic acids is 2. The topological polar surface area (TPSA) is 80.3 Å². The molecule has 0 fully saturated rings. The lowest BCUT2D eigenvalue weighted by molar-refractivity contribution is -0.260. The minimum Gasteiger partial charge on any atom is -0.545 e. The normalized spacial score (nSPS) is 10.5. The van der Waals surface area contributed by atoms with Gasteiger partial charge in [0, 0.05) is 11.1 Å². The van der Waals surface area contributed by atoms with Crippen molar-refractivity contribution >= 4 is 33.7 Å². The Labute approximate surface area is 315 Å². The Hall–Kier alpha value is -6.10. The lowest BCUT2D eigenvalue weighted by Gasteiger charge is -2.14. The Kier molecular flexibility index (Phi) is 13.8. The first-order valence-electron chi connectivity index (χ1n) is 16.3. The molecule has 0 saturated heterocycles. The highest BCUT2D eigenvalue weighted by Gasteiger charge is 2.29. The predicted molar refractivity (Wildman–Crippen MR) is 198 cm³/mol. The van der Waals surface area contributed by atoms with Gasteiger partial charge < -0.3 is 19.8 Å². The maximum Gasteiger partial charge on any atom is 0.198 e. The molecule has 0 aliphatic heterocycles. The monoisotopic (exact) mass is 762 g/mol. The van der Waals surface area contributed by atoms with Gasteiger partial charge in [0.05, 0.1) is 33.7 Å². The second-order valence-electron chi connectivity index (χ2n) is 11.1. The van der Waals surface area contributed by atoms with Gasteiger partial charge in [-0.25, -0.2) is 17.6 Å². The molecule has 0 spiro atoms. The number of carbonyl (C=O) groups is 2. The summed E-state index contributed by atoms with van der Waals surface area (Å²) in [5, 5.41) is 20.5. The molecule has 7 aromatic rings. The van der Waals surface area contributed by atoms with E-state index in [1.165, 1.54) is 29.4 Å². The largest absolute Gasteiger partial charge is 0.545 e. The highest BCUT2D eigenvalue weighted by atomic mass is 32.2. The summed E-state index contributed by atoms with van der Waals surface area (Å²) in [6, 6.07) is 64.3. The van der Waals surface area contributed by atoms with E-state index in [4.69, 9.17) is 0 Å². The summed E-state index contributed by atoms with van der Waals surface area (Å²) in [5.74, 6) is -14.6. The van der Waals surface area contributed by atoms with E-state index >= 15 is 0 Å². The summed E-state index contributed by atoms with van der Waals surface area (Å²) >= 11 is 0. The molecular weight excluding hydrogens is 733 g/mol. The van der Waals surface area contributed by atoms with Crippen molar-refractivity contribution in [1.29, 1.82) is 0 Å². The first-order chi connectivity index (χ1) is 26.2. The van der Waals surface area contributed by atoms with Gasteiger partial charge >= 0.3 is 0 Å². The Balaban J connectivity index is 0.000000157. The summed E-state index contributed by atoms with van der Waals surface area (Å²) in [6.07, 6.45) is 0. The van der Waals surface area contributed by atoms with Gasteiger partial charge in [0.15, 0.2) is 52.6 Å². The first-order valence-corrected chi connectivity index (χ1v) is 18.7. The third kappa shape index (κ3) is 9.65. The van der Waals surface area contributed by atoms with Crippen molar-refractivity contribution in [2.45, 2.75) is 29.4 Å². The molecule has 10 heteroatoms. The van der Waals surface area contributed by atoms with Crippen molar-refractivity contribution in [3.8, 4) is 0 Å². The van der Waals surface area contributed by atoms with Crippen LogP contribution in [0.25, 0.3) is 0 Å². The summed E-state index contributed by atoms with van der Waals surface area (Å²) in [4.78, 5) is 28.7. The van der Waals surface area contributed by atoms with Crippen molar-refractivity contribution < 1.29 is 37.4 Å². The van der Waals surface area contributed by atoms with E-state index in [1.54, 1.807) is 0 Å². The van der Waals surface area contributed by atoms with Crippen LogP contribution in [0.15, 0.2) is 211 Å². The van der Waals surface area contributed by atoms with E-state index in [2.05, 4.69) is 182 Å². The van der Waals surface area contributed by atoms with Gasteiger partial charge in [0.25, 0.3) is 0 Å². The number of hydrogen-bond acceptors (Lipinski definition) is 4. The van der Waals surface area contributed by atoms with Crippen LogP contribution in [0.3, 0.4) is 0 Å². The Morgan fingerprint density at radius 2 is 0.481 bits per heavy atom. The van der Waals surface area contributed by atoms with Gasteiger partial charge in [0.1, 0.15) is 0 Å². The van der Waals surface area contributed by atoms with Crippen LogP contribution >= 0.6 is 0 Å². The zero-order valence-electron chi connectivity index (χ0n) is 28.3. The van der Waals surface area contributed by atoms with Crippen molar-refractivity contribution in [2.75, 3.05) is 0 Å². The molecule has 0 unspecified atom stereocenters. The average Bonchev–Trinajstić information content (AvgIpc) is 3.21.